The van der Waals surface area contributed by atoms with E-state index in [1.165, 1.54) is 6.08 Å². The molecule has 1 aromatic carbocycles. The molecule has 5 heteroatoms. The number of carboxylic acid groups (broad SMARTS) is 1. The number of aryl methyl sites for hydroxylation is 1. The topological polar surface area (TPSA) is 72.8 Å². The molecule has 0 aliphatic carbocycles. The Labute approximate surface area is 124 Å². The summed E-state index contributed by atoms with van der Waals surface area (Å²) in [5, 5.41) is 8.72. The maximum atomic E-state index is 11.8. The molecule has 0 radical (unpaired) electrons. The van der Waals surface area contributed by atoms with E-state index >= 15 is 0 Å². The first kappa shape index (κ1) is 16.8. The third-order valence-electron chi connectivity index (χ3n) is 2.83. The molecule has 0 saturated carbocycles. The molecule has 0 heterocycles. The van der Waals surface area contributed by atoms with Gasteiger partial charge in [-0.1, -0.05) is 25.1 Å². The molecule has 114 valence electrons. The molecule has 1 aromatic rings. The van der Waals surface area contributed by atoms with Gasteiger partial charge in [0.2, 0.25) is 0 Å². The number of para-hydroxylation sites is 1. The highest BCUT2D eigenvalue weighted by Gasteiger charge is 2.21. The van der Waals surface area contributed by atoms with Crippen LogP contribution in [0.5, 0.6) is 5.75 Å². The monoisotopic (exact) mass is 292 g/mol. The van der Waals surface area contributed by atoms with E-state index in [2.05, 4.69) is 0 Å². The van der Waals surface area contributed by atoms with E-state index in [1.807, 2.05) is 19.9 Å². The normalized spacial score (nSPS) is 12.1. The van der Waals surface area contributed by atoms with Crippen LogP contribution in [0.2, 0.25) is 0 Å². The fraction of sp³-hybridized carbons (Fsp3) is 0.375. The highest BCUT2D eigenvalue weighted by molar-refractivity contribution is 5.86. The number of rotatable bonds is 7. The number of carbonyl (C=O) groups excluding carboxylic acids is 1. The van der Waals surface area contributed by atoms with Crippen molar-refractivity contribution in [2.24, 2.45) is 0 Å². The van der Waals surface area contributed by atoms with Crippen LogP contribution in [-0.4, -0.2) is 29.8 Å². The van der Waals surface area contributed by atoms with Gasteiger partial charge < -0.3 is 14.6 Å². The standard InChI is InChI=1S/C16H20O5/c1-4-13(16(19)20-5-2)21-15-11(3)7-6-8-12(15)9-10-14(17)18/h6-10,13H,4-5H2,1-3H3,(H,17,18)/b10-9+. The molecule has 0 bridgehead atoms. The van der Waals surface area contributed by atoms with Gasteiger partial charge >= 0.3 is 11.9 Å². The lowest BCUT2D eigenvalue weighted by molar-refractivity contribution is -0.151. The minimum atomic E-state index is -1.04. The SMILES string of the molecule is CCOC(=O)C(CC)Oc1c(C)cccc1/C=C/C(=O)O. The molecule has 0 fully saturated rings. The summed E-state index contributed by atoms with van der Waals surface area (Å²) < 4.78 is 10.7. The molecule has 0 aliphatic rings. The Bertz CT molecular complexity index is 533. The lowest BCUT2D eigenvalue weighted by Gasteiger charge is -2.19. The Morgan fingerprint density at radius 2 is 2.05 bits per heavy atom. The number of benzene rings is 1. The van der Waals surface area contributed by atoms with Crippen molar-refractivity contribution in [1.82, 2.24) is 0 Å². The molecule has 1 rings (SSSR count). The van der Waals surface area contributed by atoms with Crippen LogP contribution in [0.25, 0.3) is 6.08 Å². The molecule has 0 spiro atoms. The van der Waals surface area contributed by atoms with Crippen LogP contribution in [0.1, 0.15) is 31.4 Å². The van der Waals surface area contributed by atoms with Gasteiger partial charge in [0.1, 0.15) is 5.75 Å². The van der Waals surface area contributed by atoms with Crippen molar-refractivity contribution in [2.75, 3.05) is 6.61 Å². The number of hydrogen-bond donors (Lipinski definition) is 1. The lowest BCUT2D eigenvalue weighted by atomic mass is 10.1. The lowest BCUT2D eigenvalue weighted by Crippen LogP contribution is -2.29. The van der Waals surface area contributed by atoms with E-state index in [0.29, 0.717) is 17.7 Å². The number of ether oxygens (including phenoxy) is 2. The predicted molar refractivity (Wildman–Crippen MR) is 79.2 cm³/mol. The zero-order valence-electron chi connectivity index (χ0n) is 12.5. The minimum Gasteiger partial charge on any atom is -0.478 e. The number of carboxylic acids is 1. The van der Waals surface area contributed by atoms with Crippen molar-refractivity contribution in [3.8, 4) is 5.75 Å². The maximum absolute atomic E-state index is 11.8. The van der Waals surface area contributed by atoms with Gasteiger partial charge in [0.15, 0.2) is 6.10 Å². The van der Waals surface area contributed by atoms with Crippen LogP contribution in [0.4, 0.5) is 0 Å². The second-order valence-electron chi connectivity index (χ2n) is 4.43. The smallest absolute Gasteiger partial charge is 0.347 e. The molecule has 1 unspecified atom stereocenters. The second-order valence-corrected chi connectivity index (χ2v) is 4.43. The molecular formula is C16H20O5. The highest BCUT2D eigenvalue weighted by atomic mass is 16.6. The summed E-state index contributed by atoms with van der Waals surface area (Å²) >= 11 is 0. The van der Waals surface area contributed by atoms with Gasteiger partial charge in [-0.3, -0.25) is 0 Å². The summed E-state index contributed by atoms with van der Waals surface area (Å²) in [6.07, 6.45) is 2.24. The van der Waals surface area contributed by atoms with Crippen molar-refractivity contribution in [2.45, 2.75) is 33.3 Å². The average molecular weight is 292 g/mol. The first-order valence-corrected chi connectivity index (χ1v) is 6.83. The van der Waals surface area contributed by atoms with Gasteiger partial charge in [-0.2, -0.15) is 0 Å². The van der Waals surface area contributed by atoms with Crippen molar-refractivity contribution in [3.63, 3.8) is 0 Å². The maximum Gasteiger partial charge on any atom is 0.347 e. The summed E-state index contributed by atoms with van der Waals surface area (Å²) in [5.74, 6) is -0.966. The van der Waals surface area contributed by atoms with Crippen LogP contribution in [-0.2, 0) is 14.3 Å². The van der Waals surface area contributed by atoms with E-state index in [-0.39, 0.29) is 6.61 Å². The third-order valence-corrected chi connectivity index (χ3v) is 2.83. The Balaban J connectivity index is 3.05. The molecule has 0 saturated heterocycles. The van der Waals surface area contributed by atoms with Crippen molar-refractivity contribution < 1.29 is 24.2 Å². The second kappa shape index (κ2) is 8.09. The Morgan fingerprint density at radius 1 is 1.33 bits per heavy atom. The summed E-state index contributed by atoms with van der Waals surface area (Å²) in [6.45, 7) is 5.69. The number of carbonyl (C=O) groups is 2. The molecule has 5 nitrogen and oxygen atoms in total. The molecule has 0 aliphatic heterocycles. The Morgan fingerprint density at radius 3 is 2.62 bits per heavy atom. The van der Waals surface area contributed by atoms with E-state index in [1.54, 1.807) is 19.1 Å². The zero-order chi connectivity index (χ0) is 15.8. The van der Waals surface area contributed by atoms with Crippen LogP contribution >= 0.6 is 0 Å². The number of esters is 1. The van der Waals surface area contributed by atoms with Crippen molar-refractivity contribution in [1.29, 1.82) is 0 Å². The fourth-order valence-corrected chi connectivity index (χ4v) is 1.80. The van der Waals surface area contributed by atoms with Crippen LogP contribution in [0, 0.1) is 6.92 Å². The fourth-order valence-electron chi connectivity index (χ4n) is 1.80. The number of hydrogen-bond acceptors (Lipinski definition) is 4. The largest absolute Gasteiger partial charge is 0.478 e. The molecule has 21 heavy (non-hydrogen) atoms. The van der Waals surface area contributed by atoms with E-state index in [4.69, 9.17) is 14.6 Å². The summed E-state index contributed by atoms with van der Waals surface area (Å²) in [5.41, 5.74) is 1.44. The summed E-state index contributed by atoms with van der Waals surface area (Å²) in [6, 6.07) is 5.37. The van der Waals surface area contributed by atoms with Gasteiger partial charge in [-0.25, -0.2) is 9.59 Å². The molecule has 1 atom stereocenters. The van der Waals surface area contributed by atoms with Gasteiger partial charge in [-0.15, -0.1) is 0 Å². The van der Waals surface area contributed by atoms with Crippen molar-refractivity contribution >= 4 is 18.0 Å². The summed E-state index contributed by atoms with van der Waals surface area (Å²) in [4.78, 5) is 22.4. The quantitative estimate of drug-likeness (QED) is 0.618. The van der Waals surface area contributed by atoms with Crippen LogP contribution < -0.4 is 4.74 Å². The summed E-state index contributed by atoms with van der Waals surface area (Å²) in [7, 11) is 0. The minimum absolute atomic E-state index is 0.290. The van der Waals surface area contributed by atoms with Crippen molar-refractivity contribution in [3.05, 3.63) is 35.4 Å². The van der Waals surface area contributed by atoms with Crippen LogP contribution in [0.3, 0.4) is 0 Å². The van der Waals surface area contributed by atoms with Gasteiger partial charge in [0, 0.05) is 11.6 Å². The van der Waals surface area contributed by atoms with E-state index in [0.717, 1.165) is 11.6 Å². The first-order chi connectivity index (χ1) is 9.99. The van der Waals surface area contributed by atoms with E-state index in [9.17, 15) is 9.59 Å². The first-order valence-electron chi connectivity index (χ1n) is 6.83. The third kappa shape index (κ3) is 4.95. The molecular weight excluding hydrogens is 272 g/mol. The molecule has 0 amide bonds. The number of aliphatic carboxylic acids is 1. The average Bonchev–Trinajstić information content (AvgIpc) is 2.44. The van der Waals surface area contributed by atoms with Crippen LogP contribution in [0.15, 0.2) is 24.3 Å². The van der Waals surface area contributed by atoms with Gasteiger partial charge in [-0.05, 0) is 31.9 Å². The zero-order valence-corrected chi connectivity index (χ0v) is 12.5. The molecule has 1 N–H and O–H groups in total. The predicted octanol–water partition coefficient (Wildman–Crippen LogP) is 2.81. The van der Waals surface area contributed by atoms with Gasteiger partial charge in [0.25, 0.3) is 0 Å². The van der Waals surface area contributed by atoms with Gasteiger partial charge in [0.05, 0.1) is 6.61 Å². The molecule has 0 aromatic heterocycles. The Hall–Kier alpha value is -2.30. The highest BCUT2D eigenvalue weighted by Crippen LogP contribution is 2.26. The Kier molecular flexibility index (Phi) is 6.46. The van der Waals surface area contributed by atoms with E-state index < -0.39 is 18.0 Å².